The van der Waals surface area contributed by atoms with Gasteiger partial charge in [-0.3, -0.25) is 9.78 Å². The second kappa shape index (κ2) is 7.01. The Hall–Kier alpha value is -1.42. The van der Waals surface area contributed by atoms with Gasteiger partial charge in [-0.1, -0.05) is 20.3 Å². The van der Waals surface area contributed by atoms with Crippen LogP contribution in [0.5, 0.6) is 5.75 Å². The lowest BCUT2D eigenvalue weighted by molar-refractivity contribution is 0.0956. The van der Waals surface area contributed by atoms with Crippen molar-refractivity contribution in [3.05, 3.63) is 24.0 Å². The molecule has 0 radical (unpaired) electrons. The number of ether oxygens (including phenoxy) is 1. The second-order valence-corrected chi connectivity index (χ2v) is 4.02. The first-order valence-electron chi connectivity index (χ1n) is 6.06. The topological polar surface area (TPSA) is 65.2 Å². The number of pyridine rings is 1. The predicted octanol–water partition coefficient (Wildman–Crippen LogP) is 2.18. The quantitative estimate of drug-likeness (QED) is 0.737. The van der Waals surface area contributed by atoms with E-state index in [0.29, 0.717) is 24.3 Å². The maximum absolute atomic E-state index is 11.9. The van der Waals surface area contributed by atoms with E-state index in [1.165, 1.54) is 6.20 Å². The van der Waals surface area contributed by atoms with E-state index in [2.05, 4.69) is 4.98 Å². The molecule has 0 aliphatic heterocycles. The van der Waals surface area contributed by atoms with Crippen molar-refractivity contribution >= 4 is 5.78 Å². The highest BCUT2D eigenvalue weighted by molar-refractivity contribution is 5.99. The third kappa shape index (κ3) is 4.15. The van der Waals surface area contributed by atoms with Crippen molar-refractivity contribution in [2.75, 3.05) is 6.61 Å². The number of nitrogens with zero attached hydrogens (tertiary/aromatic N) is 1. The molecule has 0 fully saturated rings. The molecule has 1 heterocycles. The largest absolute Gasteiger partial charge is 0.492 e. The highest BCUT2D eigenvalue weighted by atomic mass is 16.5. The Kier molecular flexibility index (Phi) is 5.63. The summed E-state index contributed by atoms with van der Waals surface area (Å²) in [7, 11) is 0. The zero-order valence-electron chi connectivity index (χ0n) is 10.5. The molecule has 0 aliphatic rings. The summed E-state index contributed by atoms with van der Waals surface area (Å²) in [5.41, 5.74) is 6.32. The molecule has 2 N–H and O–H groups in total. The molecular formula is C13H20N2O2. The summed E-state index contributed by atoms with van der Waals surface area (Å²) in [6, 6.07) is 1.27. The fraction of sp³-hybridized carbons (Fsp3) is 0.538. The Balaban J connectivity index is 2.73. The molecule has 17 heavy (non-hydrogen) atoms. The lowest BCUT2D eigenvalue weighted by Crippen LogP contribution is -2.30. The standard InChI is InChI=1S/C13H20N2O2/c1-3-5-12(14)13(16)10-7-11(9-15-8-10)17-6-4-2/h7-9,12H,3-6,14H2,1-2H3. The van der Waals surface area contributed by atoms with Crippen LogP contribution in [-0.4, -0.2) is 23.4 Å². The van der Waals surface area contributed by atoms with Crippen LogP contribution < -0.4 is 10.5 Å². The van der Waals surface area contributed by atoms with E-state index < -0.39 is 6.04 Å². The van der Waals surface area contributed by atoms with Gasteiger partial charge in [0.1, 0.15) is 5.75 Å². The van der Waals surface area contributed by atoms with Gasteiger partial charge in [0.25, 0.3) is 0 Å². The highest BCUT2D eigenvalue weighted by Gasteiger charge is 2.15. The van der Waals surface area contributed by atoms with Crippen LogP contribution in [-0.2, 0) is 0 Å². The summed E-state index contributed by atoms with van der Waals surface area (Å²) in [5, 5.41) is 0. The van der Waals surface area contributed by atoms with E-state index in [-0.39, 0.29) is 5.78 Å². The van der Waals surface area contributed by atoms with E-state index >= 15 is 0 Å². The monoisotopic (exact) mass is 236 g/mol. The van der Waals surface area contributed by atoms with Crippen molar-refractivity contribution in [2.24, 2.45) is 5.73 Å². The Morgan fingerprint density at radius 1 is 1.41 bits per heavy atom. The van der Waals surface area contributed by atoms with Gasteiger partial charge in [-0.05, 0) is 18.9 Å². The number of hydrogen-bond donors (Lipinski definition) is 1. The van der Waals surface area contributed by atoms with Crippen LogP contribution in [0.3, 0.4) is 0 Å². The normalized spacial score (nSPS) is 12.2. The average molecular weight is 236 g/mol. The van der Waals surface area contributed by atoms with Crippen molar-refractivity contribution < 1.29 is 9.53 Å². The SMILES string of the molecule is CCCOc1cncc(C(=O)C(N)CCC)c1. The van der Waals surface area contributed by atoms with Crippen molar-refractivity contribution in [3.63, 3.8) is 0 Å². The van der Waals surface area contributed by atoms with E-state index in [9.17, 15) is 4.79 Å². The fourth-order valence-electron chi connectivity index (χ4n) is 1.51. The molecule has 0 spiro atoms. The Morgan fingerprint density at radius 2 is 2.18 bits per heavy atom. The Bertz CT molecular complexity index is 366. The molecule has 0 aromatic carbocycles. The van der Waals surface area contributed by atoms with Crippen molar-refractivity contribution in [1.82, 2.24) is 4.98 Å². The van der Waals surface area contributed by atoms with Crippen LogP contribution >= 0.6 is 0 Å². The molecule has 1 aromatic rings. The fourth-order valence-corrected chi connectivity index (χ4v) is 1.51. The molecule has 4 nitrogen and oxygen atoms in total. The van der Waals surface area contributed by atoms with Gasteiger partial charge in [-0.25, -0.2) is 0 Å². The molecule has 4 heteroatoms. The zero-order chi connectivity index (χ0) is 12.7. The van der Waals surface area contributed by atoms with Gasteiger partial charge in [0.05, 0.1) is 18.8 Å². The minimum Gasteiger partial charge on any atom is -0.492 e. The molecule has 1 atom stereocenters. The number of carbonyl (C=O) groups is 1. The van der Waals surface area contributed by atoms with E-state index in [1.807, 2.05) is 13.8 Å². The van der Waals surface area contributed by atoms with Gasteiger partial charge >= 0.3 is 0 Å². The third-order valence-electron chi connectivity index (χ3n) is 2.41. The predicted molar refractivity (Wildman–Crippen MR) is 67.2 cm³/mol. The lowest BCUT2D eigenvalue weighted by atomic mass is 10.0. The number of ketones is 1. The molecule has 94 valence electrons. The van der Waals surface area contributed by atoms with Crippen LogP contribution in [0.2, 0.25) is 0 Å². The molecule has 1 unspecified atom stereocenters. The molecule has 0 saturated carbocycles. The number of aromatic nitrogens is 1. The summed E-state index contributed by atoms with van der Waals surface area (Å²) in [4.78, 5) is 15.9. The summed E-state index contributed by atoms with van der Waals surface area (Å²) in [5.74, 6) is 0.558. The van der Waals surface area contributed by atoms with Crippen LogP contribution in [0.15, 0.2) is 18.5 Å². The third-order valence-corrected chi connectivity index (χ3v) is 2.41. The van der Waals surface area contributed by atoms with Crippen molar-refractivity contribution in [1.29, 1.82) is 0 Å². The van der Waals surface area contributed by atoms with Gasteiger partial charge < -0.3 is 10.5 Å². The minimum atomic E-state index is -0.441. The molecule has 0 aliphatic carbocycles. The Labute approximate surface area is 102 Å². The summed E-state index contributed by atoms with van der Waals surface area (Å²) in [6.07, 6.45) is 5.66. The van der Waals surface area contributed by atoms with Crippen molar-refractivity contribution in [3.8, 4) is 5.75 Å². The van der Waals surface area contributed by atoms with Gasteiger partial charge in [0.15, 0.2) is 5.78 Å². The van der Waals surface area contributed by atoms with Crippen LogP contribution in [0, 0.1) is 0 Å². The smallest absolute Gasteiger partial charge is 0.181 e. The van der Waals surface area contributed by atoms with Crippen LogP contribution in [0.25, 0.3) is 0 Å². The molecule has 1 rings (SSSR count). The van der Waals surface area contributed by atoms with Crippen molar-refractivity contribution in [2.45, 2.75) is 39.2 Å². The lowest BCUT2D eigenvalue weighted by Gasteiger charge is -2.10. The molecular weight excluding hydrogens is 216 g/mol. The summed E-state index contributed by atoms with van der Waals surface area (Å²) < 4.78 is 5.43. The molecule has 0 amide bonds. The summed E-state index contributed by atoms with van der Waals surface area (Å²) in [6.45, 7) is 4.66. The van der Waals surface area contributed by atoms with Gasteiger partial charge in [0.2, 0.25) is 0 Å². The van der Waals surface area contributed by atoms with Gasteiger partial charge in [-0.2, -0.15) is 0 Å². The number of carbonyl (C=O) groups excluding carboxylic acids is 1. The number of rotatable bonds is 7. The highest BCUT2D eigenvalue weighted by Crippen LogP contribution is 2.13. The minimum absolute atomic E-state index is 0.0682. The van der Waals surface area contributed by atoms with E-state index in [0.717, 1.165) is 12.8 Å². The first-order chi connectivity index (χ1) is 8.19. The maximum atomic E-state index is 11.9. The number of Topliss-reactive ketones (excluding diaryl/α,β-unsaturated/α-hetero) is 1. The van der Waals surface area contributed by atoms with E-state index in [1.54, 1.807) is 12.3 Å². The average Bonchev–Trinajstić information content (AvgIpc) is 2.36. The second-order valence-electron chi connectivity index (χ2n) is 4.02. The Morgan fingerprint density at radius 3 is 2.82 bits per heavy atom. The molecule has 1 aromatic heterocycles. The first-order valence-corrected chi connectivity index (χ1v) is 6.06. The summed E-state index contributed by atoms with van der Waals surface area (Å²) >= 11 is 0. The zero-order valence-corrected chi connectivity index (χ0v) is 10.5. The van der Waals surface area contributed by atoms with Crippen LogP contribution in [0.4, 0.5) is 0 Å². The van der Waals surface area contributed by atoms with Gasteiger partial charge in [-0.15, -0.1) is 0 Å². The molecule has 0 bridgehead atoms. The van der Waals surface area contributed by atoms with Crippen LogP contribution in [0.1, 0.15) is 43.5 Å². The molecule has 0 saturated heterocycles. The first kappa shape index (κ1) is 13.6. The maximum Gasteiger partial charge on any atom is 0.181 e. The number of nitrogens with two attached hydrogens (primary N) is 1. The van der Waals surface area contributed by atoms with E-state index in [4.69, 9.17) is 10.5 Å². The van der Waals surface area contributed by atoms with Gasteiger partial charge in [0, 0.05) is 11.8 Å². The number of hydrogen-bond acceptors (Lipinski definition) is 4.